The second-order valence-electron chi connectivity index (χ2n) is 5.05. The molecule has 20 heavy (non-hydrogen) atoms. The third-order valence-electron chi connectivity index (χ3n) is 3.36. The fourth-order valence-corrected chi connectivity index (χ4v) is 3.04. The van der Waals surface area contributed by atoms with Gasteiger partial charge in [-0.15, -0.1) is 11.3 Å². The molecule has 0 saturated carbocycles. The standard InChI is InChI=1S/C16H23N3S/c1-4-8-17-9-7-15-12(2)18-16(19-13(15)3)11-14-6-5-10-20-14/h5-6,10,17H,4,7-9,11H2,1-3H3. The summed E-state index contributed by atoms with van der Waals surface area (Å²) >= 11 is 1.76. The molecule has 0 amide bonds. The van der Waals surface area contributed by atoms with E-state index in [2.05, 4.69) is 53.6 Å². The molecule has 0 atom stereocenters. The van der Waals surface area contributed by atoms with E-state index in [4.69, 9.17) is 0 Å². The van der Waals surface area contributed by atoms with Crippen LogP contribution in [0.15, 0.2) is 17.5 Å². The molecule has 3 nitrogen and oxygen atoms in total. The smallest absolute Gasteiger partial charge is 0.134 e. The lowest BCUT2D eigenvalue weighted by atomic mass is 10.1. The van der Waals surface area contributed by atoms with E-state index >= 15 is 0 Å². The highest BCUT2D eigenvalue weighted by Gasteiger charge is 2.09. The van der Waals surface area contributed by atoms with Crippen LogP contribution in [0.25, 0.3) is 0 Å². The Morgan fingerprint density at radius 3 is 2.50 bits per heavy atom. The number of hydrogen-bond acceptors (Lipinski definition) is 4. The molecule has 2 rings (SSSR count). The van der Waals surface area contributed by atoms with Crippen molar-refractivity contribution in [1.82, 2.24) is 15.3 Å². The van der Waals surface area contributed by atoms with Crippen LogP contribution in [0.4, 0.5) is 0 Å². The summed E-state index contributed by atoms with van der Waals surface area (Å²) in [5.41, 5.74) is 3.55. The lowest BCUT2D eigenvalue weighted by Crippen LogP contribution is -2.19. The van der Waals surface area contributed by atoms with Crippen LogP contribution in [0.5, 0.6) is 0 Å². The second kappa shape index (κ2) is 7.50. The van der Waals surface area contributed by atoms with E-state index in [9.17, 15) is 0 Å². The highest BCUT2D eigenvalue weighted by atomic mass is 32.1. The van der Waals surface area contributed by atoms with Crippen molar-refractivity contribution in [3.05, 3.63) is 45.2 Å². The average molecular weight is 289 g/mol. The van der Waals surface area contributed by atoms with Gasteiger partial charge in [-0.1, -0.05) is 13.0 Å². The van der Waals surface area contributed by atoms with E-state index in [1.54, 1.807) is 11.3 Å². The zero-order chi connectivity index (χ0) is 14.4. The van der Waals surface area contributed by atoms with Gasteiger partial charge in [-0.05, 0) is 56.8 Å². The summed E-state index contributed by atoms with van der Waals surface area (Å²) < 4.78 is 0. The number of nitrogens with one attached hydrogen (secondary N) is 1. The Balaban J connectivity index is 2.04. The van der Waals surface area contributed by atoms with Crippen LogP contribution in [-0.4, -0.2) is 23.1 Å². The minimum Gasteiger partial charge on any atom is -0.316 e. The van der Waals surface area contributed by atoms with Crippen molar-refractivity contribution in [2.75, 3.05) is 13.1 Å². The summed E-state index contributed by atoms with van der Waals surface area (Å²) in [7, 11) is 0. The maximum atomic E-state index is 4.68. The van der Waals surface area contributed by atoms with Crippen LogP contribution in [-0.2, 0) is 12.8 Å². The SMILES string of the molecule is CCCNCCc1c(C)nc(Cc2cccs2)nc1C. The summed E-state index contributed by atoms with van der Waals surface area (Å²) in [5.74, 6) is 0.938. The lowest BCUT2D eigenvalue weighted by molar-refractivity contribution is 0.665. The molecule has 2 aromatic rings. The van der Waals surface area contributed by atoms with Gasteiger partial charge in [0.25, 0.3) is 0 Å². The molecule has 0 unspecified atom stereocenters. The zero-order valence-corrected chi connectivity index (χ0v) is 13.4. The van der Waals surface area contributed by atoms with Gasteiger partial charge in [0.05, 0.1) is 0 Å². The maximum Gasteiger partial charge on any atom is 0.134 e. The summed E-state index contributed by atoms with van der Waals surface area (Å²) in [6.45, 7) is 8.47. The van der Waals surface area contributed by atoms with E-state index in [0.29, 0.717) is 0 Å². The molecule has 0 saturated heterocycles. The first-order valence-electron chi connectivity index (χ1n) is 7.26. The Bertz CT molecular complexity index is 512. The van der Waals surface area contributed by atoms with Gasteiger partial charge in [0, 0.05) is 22.7 Å². The van der Waals surface area contributed by atoms with Crippen LogP contribution < -0.4 is 5.32 Å². The maximum absolute atomic E-state index is 4.68. The first-order chi connectivity index (χ1) is 9.70. The largest absolute Gasteiger partial charge is 0.316 e. The number of rotatable bonds is 7. The Labute approximate surface area is 125 Å². The molecule has 0 aliphatic rings. The van der Waals surface area contributed by atoms with Crippen molar-refractivity contribution in [2.24, 2.45) is 0 Å². The summed E-state index contributed by atoms with van der Waals surface area (Å²) in [5, 5.41) is 5.54. The van der Waals surface area contributed by atoms with E-state index < -0.39 is 0 Å². The van der Waals surface area contributed by atoms with Crippen molar-refractivity contribution in [3.63, 3.8) is 0 Å². The monoisotopic (exact) mass is 289 g/mol. The van der Waals surface area contributed by atoms with E-state index in [1.165, 1.54) is 16.9 Å². The van der Waals surface area contributed by atoms with Crippen molar-refractivity contribution >= 4 is 11.3 Å². The molecular formula is C16H23N3S. The van der Waals surface area contributed by atoms with Gasteiger partial charge in [0.1, 0.15) is 5.82 Å². The Kier molecular flexibility index (Phi) is 5.68. The first kappa shape index (κ1) is 15.1. The van der Waals surface area contributed by atoms with Crippen LogP contribution in [0.1, 0.15) is 41.0 Å². The summed E-state index contributed by atoms with van der Waals surface area (Å²) in [6.07, 6.45) is 3.03. The Hall–Kier alpha value is -1.26. The van der Waals surface area contributed by atoms with Gasteiger partial charge in [0.15, 0.2) is 0 Å². The molecule has 2 aromatic heterocycles. The van der Waals surface area contributed by atoms with Gasteiger partial charge in [-0.25, -0.2) is 9.97 Å². The summed E-state index contributed by atoms with van der Waals surface area (Å²) in [6, 6.07) is 4.22. The second-order valence-corrected chi connectivity index (χ2v) is 6.08. The van der Waals surface area contributed by atoms with E-state index in [0.717, 1.165) is 43.1 Å². The van der Waals surface area contributed by atoms with Gasteiger partial charge >= 0.3 is 0 Å². The number of thiophene rings is 1. The summed E-state index contributed by atoms with van der Waals surface area (Å²) in [4.78, 5) is 10.7. The van der Waals surface area contributed by atoms with E-state index in [1.807, 2.05) is 0 Å². The van der Waals surface area contributed by atoms with Crippen molar-refractivity contribution in [1.29, 1.82) is 0 Å². The molecule has 4 heteroatoms. The predicted octanol–water partition coefficient (Wildman–Crippen LogP) is 3.29. The molecule has 0 fully saturated rings. The number of aryl methyl sites for hydroxylation is 2. The fraction of sp³-hybridized carbons (Fsp3) is 0.500. The van der Waals surface area contributed by atoms with Crippen LogP contribution in [0, 0.1) is 13.8 Å². The molecule has 0 aliphatic carbocycles. The van der Waals surface area contributed by atoms with Gasteiger partial charge in [-0.3, -0.25) is 0 Å². The highest BCUT2D eigenvalue weighted by molar-refractivity contribution is 7.09. The number of nitrogens with zero attached hydrogens (tertiary/aromatic N) is 2. The molecule has 0 radical (unpaired) electrons. The Morgan fingerprint density at radius 2 is 1.90 bits per heavy atom. The van der Waals surface area contributed by atoms with E-state index in [-0.39, 0.29) is 0 Å². The van der Waals surface area contributed by atoms with Crippen LogP contribution >= 0.6 is 11.3 Å². The van der Waals surface area contributed by atoms with Gasteiger partial charge in [0.2, 0.25) is 0 Å². The average Bonchev–Trinajstić information content (AvgIpc) is 2.90. The molecule has 0 spiro atoms. The number of hydrogen-bond donors (Lipinski definition) is 1. The van der Waals surface area contributed by atoms with Crippen LogP contribution in [0.2, 0.25) is 0 Å². The third kappa shape index (κ3) is 4.12. The Morgan fingerprint density at radius 1 is 1.15 bits per heavy atom. The highest BCUT2D eigenvalue weighted by Crippen LogP contribution is 2.16. The minimum atomic E-state index is 0.841. The topological polar surface area (TPSA) is 37.8 Å². The van der Waals surface area contributed by atoms with Gasteiger partial charge in [-0.2, -0.15) is 0 Å². The molecule has 0 bridgehead atoms. The molecular weight excluding hydrogens is 266 g/mol. The molecule has 2 heterocycles. The zero-order valence-electron chi connectivity index (χ0n) is 12.6. The normalized spacial score (nSPS) is 10.9. The lowest BCUT2D eigenvalue weighted by Gasteiger charge is -2.11. The predicted molar refractivity (Wildman–Crippen MR) is 85.5 cm³/mol. The molecule has 0 aliphatic heterocycles. The quantitative estimate of drug-likeness (QED) is 0.795. The third-order valence-corrected chi connectivity index (χ3v) is 4.23. The first-order valence-corrected chi connectivity index (χ1v) is 8.14. The van der Waals surface area contributed by atoms with Crippen molar-refractivity contribution in [2.45, 2.75) is 40.0 Å². The molecule has 0 aromatic carbocycles. The van der Waals surface area contributed by atoms with Crippen molar-refractivity contribution in [3.8, 4) is 0 Å². The molecule has 1 N–H and O–H groups in total. The molecule has 108 valence electrons. The fourth-order valence-electron chi connectivity index (χ4n) is 2.33. The number of aromatic nitrogens is 2. The van der Waals surface area contributed by atoms with Gasteiger partial charge < -0.3 is 5.32 Å². The van der Waals surface area contributed by atoms with Crippen LogP contribution in [0.3, 0.4) is 0 Å². The minimum absolute atomic E-state index is 0.841. The van der Waals surface area contributed by atoms with Crippen molar-refractivity contribution < 1.29 is 0 Å².